The van der Waals surface area contributed by atoms with E-state index in [-0.39, 0.29) is 11.3 Å². The average molecular weight is 348 g/mol. The number of hydrogen-bond acceptors (Lipinski definition) is 1. The van der Waals surface area contributed by atoms with Crippen molar-refractivity contribution in [2.45, 2.75) is 26.2 Å². The Morgan fingerprint density at radius 1 is 1.04 bits per heavy atom. The monoisotopic (exact) mass is 347 g/mol. The van der Waals surface area contributed by atoms with Crippen LogP contribution in [0.2, 0.25) is 10.0 Å². The van der Waals surface area contributed by atoms with Crippen molar-refractivity contribution in [1.29, 1.82) is 0 Å². The molecule has 2 nitrogen and oxygen atoms in total. The van der Waals surface area contributed by atoms with E-state index in [1.807, 2.05) is 24.3 Å². The second-order valence-electron chi connectivity index (χ2n) is 6.32. The molecule has 1 amide bonds. The number of hydrogen-bond donors (Lipinski definition) is 1. The lowest BCUT2D eigenvalue weighted by Crippen LogP contribution is -2.12. The average Bonchev–Trinajstić information content (AvgIpc) is 2.46. The third kappa shape index (κ3) is 5.12. The Bertz CT molecular complexity index is 728. The van der Waals surface area contributed by atoms with Gasteiger partial charge in [0.25, 0.3) is 0 Å². The van der Waals surface area contributed by atoms with E-state index in [2.05, 4.69) is 26.1 Å². The molecular weight excluding hydrogens is 329 g/mol. The third-order valence-electron chi connectivity index (χ3n) is 3.40. The topological polar surface area (TPSA) is 29.1 Å². The molecule has 23 heavy (non-hydrogen) atoms. The highest BCUT2D eigenvalue weighted by Crippen LogP contribution is 2.24. The molecule has 0 spiro atoms. The summed E-state index contributed by atoms with van der Waals surface area (Å²) < 4.78 is 0. The Labute approximate surface area is 147 Å². The molecule has 120 valence electrons. The summed E-state index contributed by atoms with van der Waals surface area (Å²) in [6.45, 7) is 6.46. The number of carbonyl (C=O) groups is 1. The van der Waals surface area contributed by atoms with Crippen molar-refractivity contribution in [2.24, 2.45) is 0 Å². The van der Waals surface area contributed by atoms with Gasteiger partial charge in [0.1, 0.15) is 0 Å². The van der Waals surface area contributed by atoms with Crippen LogP contribution in [-0.2, 0) is 10.2 Å². The van der Waals surface area contributed by atoms with E-state index in [4.69, 9.17) is 23.2 Å². The van der Waals surface area contributed by atoms with Crippen LogP contribution in [0.5, 0.6) is 0 Å². The zero-order valence-corrected chi connectivity index (χ0v) is 14.9. The van der Waals surface area contributed by atoms with Gasteiger partial charge >= 0.3 is 0 Å². The van der Waals surface area contributed by atoms with Gasteiger partial charge in [0.15, 0.2) is 0 Å². The zero-order valence-electron chi connectivity index (χ0n) is 13.4. The molecule has 0 heterocycles. The van der Waals surface area contributed by atoms with Crippen LogP contribution in [0.4, 0.5) is 5.69 Å². The van der Waals surface area contributed by atoms with Gasteiger partial charge in [-0.25, -0.2) is 0 Å². The van der Waals surface area contributed by atoms with E-state index in [0.717, 1.165) is 11.3 Å². The molecule has 0 bridgehead atoms. The highest BCUT2D eigenvalue weighted by molar-refractivity contribution is 6.35. The number of halogens is 2. The second kappa shape index (κ2) is 7.20. The first kappa shape index (κ1) is 17.6. The molecule has 0 aromatic heterocycles. The van der Waals surface area contributed by atoms with Gasteiger partial charge in [-0.15, -0.1) is 0 Å². The minimum atomic E-state index is -0.209. The Kier molecular flexibility index (Phi) is 5.51. The van der Waals surface area contributed by atoms with Crippen LogP contribution >= 0.6 is 23.2 Å². The maximum absolute atomic E-state index is 12.0. The van der Waals surface area contributed by atoms with Crippen LogP contribution in [0.3, 0.4) is 0 Å². The van der Waals surface area contributed by atoms with Crippen molar-refractivity contribution in [1.82, 2.24) is 0 Å². The van der Waals surface area contributed by atoms with Crippen molar-refractivity contribution in [3.63, 3.8) is 0 Å². The summed E-state index contributed by atoms with van der Waals surface area (Å²) >= 11 is 11.9. The van der Waals surface area contributed by atoms with Crippen molar-refractivity contribution in [3.8, 4) is 0 Å². The van der Waals surface area contributed by atoms with Crippen LogP contribution in [0.15, 0.2) is 48.5 Å². The van der Waals surface area contributed by atoms with E-state index in [1.165, 1.54) is 11.6 Å². The van der Waals surface area contributed by atoms with Gasteiger partial charge in [-0.3, -0.25) is 4.79 Å². The van der Waals surface area contributed by atoms with Crippen LogP contribution in [0.1, 0.15) is 31.9 Å². The van der Waals surface area contributed by atoms with E-state index >= 15 is 0 Å². The van der Waals surface area contributed by atoms with Crippen molar-refractivity contribution >= 4 is 40.9 Å². The molecule has 0 unspecified atom stereocenters. The predicted octanol–water partition coefficient (Wildman–Crippen LogP) is 5.94. The third-order valence-corrected chi connectivity index (χ3v) is 3.96. The molecule has 0 saturated heterocycles. The maximum Gasteiger partial charge on any atom is 0.248 e. The minimum Gasteiger partial charge on any atom is -0.323 e. The van der Waals surface area contributed by atoms with Crippen LogP contribution in [-0.4, -0.2) is 5.91 Å². The molecule has 1 N–H and O–H groups in total. The Morgan fingerprint density at radius 2 is 1.70 bits per heavy atom. The minimum absolute atomic E-state index is 0.0910. The molecular formula is C19H19Cl2NO. The zero-order chi connectivity index (χ0) is 17.0. The molecule has 2 rings (SSSR count). The number of rotatable bonds is 3. The molecule has 0 saturated carbocycles. The summed E-state index contributed by atoms with van der Waals surface area (Å²) in [5, 5.41) is 3.90. The lowest BCUT2D eigenvalue weighted by atomic mass is 9.87. The summed E-state index contributed by atoms with van der Waals surface area (Å²) in [7, 11) is 0. The van der Waals surface area contributed by atoms with Gasteiger partial charge in [-0.05, 0) is 46.9 Å². The van der Waals surface area contributed by atoms with Gasteiger partial charge < -0.3 is 5.32 Å². The van der Waals surface area contributed by atoms with Crippen molar-refractivity contribution < 1.29 is 4.79 Å². The fourth-order valence-corrected chi connectivity index (χ4v) is 2.51. The lowest BCUT2D eigenvalue weighted by Gasteiger charge is -2.19. The highest BCUT2D eigenvalue weighted by Gasteiger charge is 2.12. The number of amides is 1. The van der Waals surface area contributed by atoms with E-state index in [9.17, 15) is 4.79 Å². The Balaban J connectivity index is 2.03. The van der Waals surface area contributed by atoms with Gasteiger partial charge in [-0.2, -0.15) is 0 Å². The van der Waals surface area contributed by atoms with E-state index in [0.29, 0.717) is 10.0 Å². The number of benzene rings is 2. The summed E-state index contributed by atoms with van der Waals surface area (Å²) in [4.78, 5) is 12.0. The number of nitrogens with one attached hydrogen (secondary N) is 1. The van der Waals surface area contributed by atoms with Gasteiger partial charge in [-0.1, -0.05) is 62.2 Å². The number of anilines is 1. The first-order chi connectivity index (χ1) is 10.8. The smallest absolute Gasteiger partial charge is 0.248 e. The summed E-state index contributed by atoms with van der Waals surface area (Å²) in [6.07, 6.45) is 3.12. The van der Waals surface area contributed by atoms with Crippen molar-refractivity contribution in [2.75, 3.05) is 5.32 Å². The second-order valence-corrected chi connectivity index (χ2v) is 7.16. The molecule has 0 atom stereocenters. The van der Waals surface area contributed by atoms with E-state index < -0.39 is 0 Å². The van der Waals surface area contributed by atoms with Gasteiger partial charge in [0.05, 0.1) is 0 Å². The van der Waals surface area contributed by atoms with E-state index in [1.54, 1.807) is 24.3 Å². The van der Waals surface area contributed by atoms with Crippen LogP contribution < -0.4 is 5.32 Å². The maximum atomic E-state index is 12.0. The summed E-state index contributed by atoms with van der Waals surface area (Å²) in [5.74, 6) is -0.209. The van der Waals surface area contributed by atoms with Crippen molar-refractivity contribution in [3.05, 3.63) is 69.7 Å². The van der Waals surface area contributed by atoms with Gasteiger partial charge in [0.2, 0.25) is 5.91 Å². The molecule has 0 fully saturated rings. The summed E-state index contributed by atoms with van der Waals surface area (Å²) in [5.41, 5.74) is 2.82. The highest BCUT2D eigenvalue weighted by atomic mass is 35.5. The van der Waals surface area contributed by atoms with Crippen LogP contribution in [0.25, 0.3) is 6.08 Å². The molecule has 4 heteroatoms. The number of carbonyl (C=O) groups excluding carboxylic acids is 1. The SMILES string of the molecule is CC(C)(C)c1ccc(NC(=O)/C=C/c2ccc(Cl)cc2Cl)cc1. The first-order valence-electron chi connectivity index (χ1n) is 7.30. The lowest BCUT2D eigenvalue weighted by molar-refractivity contribution is -0.111. The molecule has 0 aliphatic heterocycles. The Morgan fingerprint density at radius 3 is 2.26 bits per heavy atom. The summed E-state index contributed by atoms with van der Waals surface area (Å²) in [6, 6.07) is 13.0. The predicted molar refractivity (Wildman–Crippen MR) is 99.3 cm³/mol. The Hall–Kier alpha value is -1.77. The molecule has 0 aliphatic carbocycles. The fraction of sp³-hybridized carbons (Fsp3) is 0.211. The largest absolute Gasteiger partial charge is 0.323 e. The molecule has 2 aromatic carbocycles. The molecule has 2 aromatic rings. The molecule has 0 aliphatic rings. The normalized spacial score (nSPS) is 11.7. The van der Waals surface area contributed by atoms with Crippen LogP contribution in [0, 0.1) is 0 Å². The standard InChI is InChI=1S/C19H19Cl2NO/c1-19(2,3)14-6-9-16(10-7-14)22-18(23)11-5-13-4-8-15(20)12-17(13)21/h4-12H,1-3H3,(H,22,23)/b11-5+. The quantitative estimate of drug-likeness (QED) is 0.683. The first-order valence-corrected chi connectivity index (χ1v) is 8.06. The fourth-order valence-electron chi connectivity index (χ4n) is 2.04. The van der Waals surface area contributed by atoms with Gasteiger partial charge in [0, 0.05) is 21.8 Å². The molecule has 0 radical (unpaired) electrons.